The lowest BCUT2D eigenvalue weighted by Gasteiger charge is -2.42. The third kappa shape index (κ3) is 4.09. The van der Waals surface area contributed by atoms with E-state index in [1.807, 2.05) is 17.9 Å². The molecule has 35 heavy (non-hydrogen) atoms. The maximum absolute atomic E-state index is 13.2. The second-order valence-corrected chi connectivity index (χ2v) is 9.32. The molecule has 2 aliphatic heterocycles. The molecule has 2 aliphatic rings. The molecule has 10 heteroatoms. The van der Waals surface area contributed by atoms with Gasteiger partial charge in [-0.25, -0.2) is 4.79 Å². The predicted molar refractivity (Wildman–Crippen MR) is 127 cm³/mol. The van der Waals surface area contributed by atoms with E-state index in [9.17, 15) is 24.5 Å². The Balaban J connectivity index is 1.34. The zero-order valence-electron chi connectivity index (χ0n) is 19.5. The molecule has 0 unspecified atom stereocenters. The number of rotatable bonds is 5. The van der Waals surface area contributed by atoms with E-state index < -0.39 is 21.8 Å². The first-order chi connectivity index (χ1) is 16.7. The zero-order chi connectivity index (χ0) is 24.9. The van der Waals surface area contributed by atoms with Crippen molar-refractivity contribution >= 4 is 22.6 Å². The van der Waals surface area contributed by atoms with E-state index in [-0.39, 0.29) is 24.2 Å². The van der Waals surface area contributed by atoms with Crippen molar-refractivity contribution in [2.75, 3.05) is 20.2 Å². The smallest absolute Gasteiger partial charge is 0.336 e. The van der Waals surface area contributed by atoms with E-state index in [0.29, 0.717) is 37.4 Å². The zero-order valence-corrected chi connectivity index (χ0v) is 19.5. The molecule has 182 valence electrons. The van der Waals surface area contributed by atoms with Crippen molar-refractivity contribution in [3.8, 4) is 5.75 Å². The SMILES string of the molecule is COc1cc2oc(=O)cc(C)c2cc1CCC(=O)N1C[C@H]2C[C@@H](C1)c1ccc([N+](=O)[O-])c(=O)n1C2. The molecule has 0 N–H and O–H groups in total. The number of ether oxygens (including phenoxy) is 1. The number of piperidine rings is 1. The fourth-order valence-corrected chi connectivity index (χ4v) is 5.45. The number of likely N-dealkylation sites (tertiary alicyclic amines) is 1. The average molecular weight is 479 g/mol. The monoisotopic (exact) mass is 479 g/mol. The summed E-state index contributed by atoms with van der Waals surface area (Å²) in [6.45, 7) is 3.21. The van der Waals surface area contributed by atoms with Crippen molar-refractivity contribution in [3.63, 3.8) is 0 Å². The highest BCUT2D eigenvalue weighted by atomic mass is 16.6. The van der Waals surface area contributed by atoms with Crippen molar-refractivity contribution < 1.29 is 18.9 Å². The number of hydrogen-bond acceptors (Lipinski definition) is 7. The first kappa shape index (κ1) is 22.8. The van der Waals surface area contributed by atoms with E-state index in [0.717, 1.165) is 28.6 Å². The third-order valence-electron chi connectivity index (χ3n) is 7.09. The standard InChI is InChI=1S/C25H25N3O7/c1-14-7-24(30)35-22-10-21(34-2)16(9-18(14)22)3-6-23(29)26-11-15-8-17(13-26)19-4-5-20(28(32)33)25(31)27(19)12-15/h4-5,7,9-10,15,17H,3,6,8,11-13H2,1-2H3/t15-,17+/m1/s1. The van der Waals surface area contributed by atoms with E-state index in [2.05, 4.69) is 0 Å². The fourth-order valence-electron chi connectivity index (χ4n) is 5.45. The number of carbonyl (C=O) groups is 1. The summed E-state index contributed by atoms with van der Waals surface area (Å²) >= 11 is 0. The molecule has 10 nitrogen and oxygen atoms in total. The summed E-state index contributed by atoms with van der Waals surface area (Å²) < 4.78 is 12.3. The summed E-state index contributed by atoms with van der Waals surface area (Å²) in [4.78, 5) is 49.8. The van der Waals surface area contributed by atoms with Gasteiger partial charge in [0.15, 0.2) is 0 Å². The van der Waals surface area contributed by atoms with Crippen LogP contribution in [0.2, 0.25) is 0 Å². The Morgan fingerprint density at radius 1 is 1.20 bits per heavy atom. The third-order valence-corrected chi connectivity index (χ3v) is 7.09. The Morgan fingerprint density at radius 2 is 2.00 bits per heavy atom. The van der Waals surface area contributed by atoms with Crippen molar-refractivity contribution in [2.45, 2.75) is 38.6 Å². The molecule has 2 bridgehead atoms. The number of nitrogens with zero attached hydrogens (tertiary/aromatic N) is 3. The van der Waals surface area contributed by atoms with E-state index in [1.165, 1.54) is 23.8 Å². The lowest BCUT2D eigenvalue weighted by atomic mass is 9.83. The number of nitro groups is 1. The Kier molecular flexibility index (Phi) is 5.66. The number of fused-ring (bicyclic) bond motifs is 5. The van der Waals surface area contributed by atoms with Gasteiger partial charge in [-0.05, 0) is 48.9 Å². The maximum atomic E-state index is 13.2. The maximum Gasteiger partial charge on any atom is 0.336 e. The van der Waals surface area contributed by atoms with Crippen LogP contribution in [0.25, 0.3) is 11.0 Å². The second kappa shape index (κ2) is 8.68. The Labute approximate surface area is 199 Å². The van der Waals surface area contributed by atoms with Gasteiger partial charge in [0.25, 0.3) is 0 Å². The topological polar surface area (TPSA) is 125 Å². The molecule has 0 radical (unpaired) electrons. The lowest BCUT2D eigenvalue weighted by Crippen LogP contribution is -2.49. The van der Waals surface area contributed by atoms with Crippen molar-refractivity contribution in [1.29, 1.82) is 0 Å². The minimum atomic E-state index is -0.647. The molecule has 2 aromatic heterocycles. The lowest BCUT2D eigenvalue weighted by molar-refractivity contribution is -0.386. The van der Waals surface area contributed by atoms with Gasteiger partial charge in [-0.15, -0.1) is 0 Å². The van der Waals surface area contributed by atoms with Crippen LogP contribution in [-0.4, -0.2) is 40.5 Å². The van der Waals surface area contributed by atoms with Crippen LogP contribution in [0.15, 0.2) is 44.3 Å². The highest BCUT2D eigenvalue weighted by Gasteiger charge is 2.37. The molecule has 1 aromatic carbocycles. The molecule has 0 spiro atoms. The van der Waals surface area contributed by atoms with Crippen LogP contribution < -0.4 is 15.9 Å². The second-order valence-electron chi connectivity index (χ2n) is 9.32. The molecule has 5 rings (SSSR count). The Hall–Kier alpha value is -3.95. The number of amides is 1. The largest absolute Gasteiger partial charge is 0.496 e. The number of aromatic nitrogens is 1. The number of hydrogen-bond donors (Lipinski definition) is 0. The Bertz CT molecular complexity index is 1470. The number of pyridine rings is 1. The average Bonchev–Trinajstić information content (AvgIpc) is 2.82. The van der Waals surface area contributed by atoms with Gasteiger partial charge in [0.05, 0.1) is 12.0 Å². The van der Waals surface area contributed by atoms with E-state index in [1.54, 1.807) is 12.1 Å². The van der Waals surface area contributed by atoms with Gasteiger partial charge in [0, 0.05) is 61.3 Å². The molecule has 1 amide bonds. The van der Waals surface area contributed by atoms with Gasteiger partial charge in [-0.1, -0.05) is 0 Å². The van der Waals surface area contributed by atoms with Gasteiger partial charge >= 0.3 is 16.9 Å². The van der Waals surface area contributed by atoms with Crippen LogP contribution >= 0.6 is 0 Å². The van der Waals surface area contributed by atoms with E-state index in [4.69, 9.17) is 9.15 Å². The summed E-state index contributed by atoms with van der Waals surface area (Å²) in [5, 5.41) is 11.9. The van der Waals surface area contributed by atoms with Gasteiger partial charge in [0.1, 0.15) is 11.3 Å². The predicted octanol–water partition coefficient (Wildman–Crippen LogP) is 2.76. The summed E-state index contributed by atoms with van der Waals surface area (Å²) in [5.41, 5.74) is 1.43. The van der Waals surface area contributed by atoms with Crippen molar-refractivity contribution in [1.82, 2.24) is 9.47 Å². The number of benzene rings is 1. The van der Waals surface area contributed by atoms with E-state index >= 15 is 0 Å². The number of aryl methyl sites for hydroxylation is 2. The van der Waals surface area contributed by atoms with Crippen LogP contribution in [0.1, 0.15) is 35.6 Å². The quantitative estimate of drug-likeness (QED) is 0.313. The first-order valence-corrected chi connectivity index (χ1v) is 11.5. The number of methoxy groups -OCH3 is 1. The molecule has 1 saturated heterocycles. The van der Waals surface area contributed by atoms with Crippen molar-refractivity contribution in [3.05, 3.63) is 78.0 Å². The highest BCUT2D eigenvalue weighted by Crippen LogP contribution is 2.36. The molecule has 0 saturated carbocycles. The van der Waals surface area contributed by atoms with Crippen LogP contribution in [0.4, 0.5) is 5.69 Å². The minimum Gasteiger partial charge on any atom is -0.496 e. The van der Waals surface area contributed by atoms with Crippen LogP contribution in [0, 0.1) is 23.0 Å². The Morgan fingerprint density at radius 3 is 2.74 bits per heavy atom. The molecule has 3 aromatic rings. The highest BCUT2D eigenvalue weighted by molar-refractivity contribution is 5.83. The molecular weight excluding hydrogens is 454 g/mol. The molecule has 0 aliphatic carbocycles. The fraction of sp³-hybridized carbons (Fsp3) is 0.400. The molecule has 1 fully saturated rings. The number of carbonyl (C=O) groups excluding carboxylic acids is 1. The first-order valence-electron chi connectivity index (χ1n) is 11.5. The van der Waals surface area contributed by atoms with Crippen LogP contribution in [-0.2, 0) is 17.8 Å². The van der Waals surface area contributed by atoms with Crippen molar-refractivity contribution in [2.24, 2.45) is 5.92 Å². The normalized spacial score (nSPS) is 18.9. The summed E-state index contributed by atoms with van der Waals surface area (Å²) in [6.07, 6.45) is 1.60. The summed E-state index contributed by atoms with van der Waals surface area (Å²) in [5.74, 6) is 0.617. The van der Waals surface area contributed by atoms with Gasteiger partial charge in [-0.3, -0.25) is 19.7 Å². The summed E-state index contributed by atoms with van der Waals surface area (Å²) in [6, 6.07) is 7.94. The summed E-state index contributed by atoms with van der Waals surface area (Å²) in [7, 11) is 1.54. The molecular formula is C25H25N3O7. The van der Waals surface area contributed by atoms with Gasteiger partial charge in [-0.2, -0.15) is 0 Å². The van der Waals surface area contributed by atoms with Crippen LogP contribution in [0.5, 0.6) is 5.75 Å². The molecule has 4 heterocycles. The van der Waals surface area contributed by atoms with Crippen LogP contribution in [0.3, 0.4) is 0 Å². The minimum absolute atomic E-state index is 0.0101. The van der Waals surface area contributed by atoms with Gasteiger partial charge in [0.2, 0.25) is 5.91 Å². The van der Waals surface area contributed by atoms with Gasteiger partial charge < -0.3 is 18.6 Å². The molecule has 2 atom stereocenters.